The van der Waals surface area contributed by atoms with Crippen molar-refractivity contribution in [3.05, 3.63) is 0 Å². The largest absolute Gasteiger partial charge is 0.383 e. The first-order valence-corrected chi connectivity index (χ1v) is 7.07. The molecule has 0 aromatic carbocycles. The molecule has 4 unspecified atom stereocenters. The molecule has 0 saturated heterocycles. The normalized spacial score (nSPS) is 29.9. The molecule has 1 rings (SSSR count). The topological polar surface area (TPSA) is 50.4 Å². The van der Waals surface area contributed by atoms with Crippen molar-refractivity contribution < 1.29 is 9.53 Å². The van der Waals surface area contributed by atoms with Gasteiger partial charge in [-0.2, -0.15) is 0 Å². The average Bonchev–Trinajstić information content (AvgIpc) is 2.34. The SMILES string of the molecule is COCCNC(=O)C(C)NC1CC(C)CCC1C. The maximum atomic E-state index is 11.9. The lowest BCUT2D eigenvalue weighted by atomic mass is 9.80. The molecule has 0 aliphatic heterocycles. The number of methoxy groups -OCH3 is 1. The van der Waals surface area contributed by atoms with Crippen LogP contribution in [0.5, 0.6) is 0 Å². The number of carbonyl (C=O) groups excluding carboxylic acids is 1. The fourth-order valence-corrected chi connectivity index (χ4v) is 2.59. The molecule has 4 atom stereocenters. The van der Waals surface area contributed by atoms with Gasteiger partial charge in [0.15, 0.2) is 0 Å². The lowest BCUT2D eigenvalue weighted by molar-refractivity contribution is -0.123. The number of carbonyl (C=O) groups is 1. The van der Waals surface area contributed by atoms with Gasteiger partial charge in [0.2, 0.25) is 5.91 Å². The Bertz CT molecular complexity index is 258. The Morgan fingerprint density at radius 1 is 1.39 bits per heavy atom. The van der Waals surface area contributed by atoms with Crippen LogP contribution in [0.4, 0.5) is 0 Å². The van der Waals surface area contributed by atoms with Crippen molar-refractivity contribution in [3.63, 3.8) is 0 Å². The van der Waals surface area contributed by atoms with Gasteiger partial charge in [0.05, 0.1) is 12.6 Å². The zero-order chi connectivity index (χ0) is 13.5. The summed E-state index contributed by atoms with van der Waals surface area (Å²) in [5.74, 6) is 1.50. The number of rotatable bonds is 6. The van der Waals surface area contributed by atoms with E-state index in [0.717, 1.165) is 5.92 Å². The van der Waals surface area contributed by atoms with E-state index >= 15 is 0 Å². The van der Waals surface area contributed by atoms with Gasteiger partial charge < -0.3 is 15.4 Å². The molecular weight excluding hydrogens is 228 g/mol. The Kier molecular flexibility index (Phi) is 6.65. The molecule has 18 heavy (non-hydrogen) atoms. The molecule has 1 fully saturated rings. The Morgan fingerprint density at radius 2 is 2.11 bits per heavy atom. The van der Waals surface area contributed by atoms with E-state index in [0.29, 0.717) is 25.1 Å². The fraction of sp³-hybridized carbons (Fsp3) is 0.929. The molecule has 2 N–H and O–H groups in total. The monoisotopic (exact) mass is 256 g/mol. The summed E-state index contributed by atoms with van der Waals surface area (Å²) in [4.78, 5) is 11.9. The Balaban J connectivity index is 2.33. The Labute approximate surface area is 111 Å². The van der Waals surface area contributed by atoms with E-state index in [-0.39, 0.29) is 11.9 Å². The Hall–Kier alpha value is -0.610. The molecule has 4 heteroatoms. The third-order valence-corrected chi connectivity index (χ3v) is 3.92. The van der Waals surface area contributed by atoms with Crippen LogP contribution in [0.2, 0.25) is 0 Å². The van der Waals surface area contributed by atoms with Crippen molar-refractivity contribution in [2.24, 2.45) is 11.8 Å². The van der Waals surface area contributed by atoms with Crippen molar-refractivity contribution in [1.82, 2.24) is 10.6 Å². The fourth-order valence-electron chi connectivity index (χ4n) is 2.59. The summed E-state index contributed by atoms with van der Waals surface area (Å²) >= 11 is 0. The minimum Gasteiger partial charge on any atom is -0.383 e. The van der Waals surface area contributed by atoms with E-state index in [9.17, 15) is 4.79 Å². The van der Waals surface area contributed by atoms with Gasteiger partial charge in [-0.25, -0.2) is 0 Å². The van der Waals surface area contributed by atoms with Crippen LogP contribution < -0.4 is 10.6 Å². The van der Waals surface area contributed by atoms with E-state index in [1.807, 2.05) is 6.92 Å². The maximum Gasteiger partial charge on any atom is 0.236 e. The van der Waals surface area contributed by atoms with E-state index < -0.39 is 0 Å². The molecule has 0 bridgehead atoms. The first-order chi connectivity index (χ1) is 8.54. The minimum absolute atomic E-state index is 0.0671. The van der Waals surface area contributed by atoms with Crippen molar-refractivity contribution in [2.45, 2.75) is 52.1 Å². The lowest BCUT2D eigenvalue weighted by Crippen LogP contribution is -2.50. The highest BCUT2D eigenvalue weighted by molar-refractivity contribution is 5.81. The number of hydrogen-bond acceptors (Lipinski definition) is 3. The van der Waals surface area contributed by atoms with Gasteiger partial charge in [-0.3, -0.25) is 4.79 Å². The summed E-state index contributed by atoms with van der Waals surface area (Å²) in [7, 11) is 1.64. The van der Waals surface area contributed by atoms with Crippen molar-refractivity contribution in [1.29, 1.82) is 0 Å². The van der Waals surface area contributed by atoms with Crippen molar-refractivity contribution >= 4 is 5.91 Å². The zero-order valence-electron chi connectivity index (χ0n) is 12.2. The van der Waals surface area contributed by atoms with Gasteiger partial charge in [0, 0.05) is 19.7 Å². The predicted molar refractivity (Wildman–Crippen MR) is 73.5 cm³/mol. The van der Waals surface area contributed by atoms with Crippen LogP contribution in [0.1, 0.15) is 40.0 Å². The van der Waals surface area contributed by atoms with Crippen molar-refractivity contribution in [2.75, 3.05) is 20.3 Å². The van der Waals surface area contributed by atoms with Crippen molar-refractivity contribution in [3.8, 4) is 0 Å². The van der Waals surface area contributed by atoms with Crippen LogP contribution in [0, 0.1) is 11.8 Å². The van der Waals surface area contributed by atoms with Gasteiger partial charge >= 0.3 is 0 Å². The summed E-state index contributed by atoms with van der Waals surface area (Å²) < 4.78 is 4.92. The molecule has 1 aliphatic carbocycles. The van der Waals surface area contributed by atoms with Crippen LogP contribution in [-0.2, 0) is 9.53 Å². The maximum absolute atomic E-state index is 11.9. The molecule has 1 saturated carbocycles. The number of ether oxygens (including phenoxy) is 1. The second-order valence-electron chi connectivity index (χ2n) is 5.67. The van der Waals surface area contributed by atoms with Crippen LogP contribution in [0.25, 0.3) is 0 Å². The smallest absolute Gasteiger partial charge is 0.236 e. The van der Waals surface area contributed by atoms with Crippen LogP contribution >= 0.6 is 0 Å². The van der Waals surface area contributed by atoms with Gasteiger partial charge in [-0.15, -0.1) is 0 Å². The van der Waals surface area contributed by atoms with Crippen LogP contribution in [0.15, 0.2) is 0 Å². The standard InChI is InChI=1S/C14H28N2O2/c1-10-5-6-11(2)13(9-10)16-12(3)14(17)15-7-8-18-4/h10-13,16H,5-9H2,1-4H3,(H,15,17). The predicted octanol–water partition coefficient (Wildman–Crippen LogP) is 1.55. The van der Waals surface area contributed by atoms with Crippen LogP contribution in [0.3, 0.4) is 0 Å². The molecule has 0 aromatic heterocycles. The van der Waals surface area contributed by atoms with Gasteiger partial charge in [0.1, 0.15) is 0 Å². The number of amides is 1. The highest BCUT2D eigenvalue weighted by atomic mass is 16.5. The molecule has 0 heterocycles. The summed E-state index contributed by atoms with van der Waals surface area (Å²) in [5.41, 5.74) is 0. The summed E-state index contributed by atoms with van der Waals surface area (Å²) in [6, 6.07) is 0.344. The summed E-state index contributed by atoms with van der Waals surface area (Å²) in [6.45, 7) is 7.66. The first-order valence-electron chi connectivity index (χ1n) is 7.07. The number of nitrogens with one attached hydrogen (secondary N) is 2. The van der Waals surface area contributed by atoms with Gasteiger partial charge in [-0.05, 0) is 31.6 Å². The summed E-state index contributed by atoms with van der Waals surface area (Å²) in [5, 5.41) is 6.35. The lowest BCUT2D eigenvalue weighted by Gasteiger charge is -2.35. The minimum atomic E-state index is -0.125. The molecular formula is C14H28N2O2. The van der Waals surface area contributed by atoms with E-state index in [2.05, 4.69) is 24.5 Å². The second kappa shape index (κ2) is 7.74. The van der Waals surface area contributed by atoms with Gasteiger partial charge in [0.25, 0.3) is 0 Å². The zero-order valence-corrected chi connectivity index (χ0v) is 12.2. The molecule has 4 nitrogen and oxygen atoms in total. The molecule has 106 valence electrons. The molecule has 0 aromatic rings. The summed E-state index contributed by atoms with van der Waals surface area (Å²) in [6.07, 6.45) is 3.75. The molecule has 0 spiro atoms. The molecule has 1 amide bonds. The highest BCUT2D eigenvalue weighted by Gasteiger charge is 2.27. The van der Waals surface area contributed by atoms with E-state index in [1.54, 1.807) is 7.11 Å². The highest BCUT2D eigenvalue weighted by Crippen LogP contribution is 2.28. The third-order valence-electron chi connectivity index (χ3n) is 3.92. The number of hydrogen-bond donors (Lipinski definition) is 2. The van der Waals surface area contributed by atoms with Gasteiger partial charge in [-0.1, -0.05) is 20.3 Å². The van der Waals surface area contributed by atoms with Crippen LogP contribution in [-0.4, -0.2) is 38.3 Å². The Morgan fingerprint density at radius 3 is 2.78 bits per heavy atom. The quantitative estimate of drug-likeness (QED) is 0.709. The molecule has 1 aliphatic rings. The average molecular weight is 256 g/mol. The first kappa shape index (κ1) is 15.4. The molecule has 0 radical (unpaired) electrons. The van der Waals surface area contributed by atoms with E-state index in [1.165, 1.54) is 19.3 Å². The van der Waals surface area contributed by atoms with E-state index in [4.69, 9.17) is 4.74 Å². The second-order valence-corrected chi connectivity index (χ2v) is 5.67. The third kappa shape index (κ3) is 4.94.